The molecule has 0 spiro atoms. The van der Waals surface area contributed by atoms with Crippen LogP contribution in [0.1, 0.15) is 35.1 Å². The van der Waals surface area contributed by atoms with Gasteiger partial charge in [0.1, 0.15) is 0 Å². The van der Waals surface area contributed by atoms with Gasteiger partial charge in [-0.15, -0.1) is 0 Å². The predicted octanol–water partition coefficient (Wildman–Crippen LogP) is 14.0. The van der Waals surface area contributed by atoms with Crippen LogP contribution in [0.15, 0.2) is 212 Å². The lowest BCUT2D eigenvalue weighted by atomic mass is 10.1. The second-order valence-electron chi connectivity index (χ2n) is 12.5. The van der Waals surface area contributed by atoms with Crippen LogP contribution in [-0.4, -0.2) is 0 Å². The van der Waals surface area contributed by atoms with Crippen molar-refractivity contribution in [2.75, 3.05) is 9.80 Å². The summed E-state index contributed by atoms with van der Waals surface area (Å²) in [5.74, 6) is 0. The number of anilines is 5. The second kappa shape index (κ2) is 17.3. The highest BCUT2D eigenvalue weighted by atomic mass is 15.1. The van der Waals surface area contributed by atoms with Crippen molar-refractivity contribution in [3.8, 4) is 0 Å². The smallest absolute Gasteiger partial charge is 0.0462 e. The van der Waals surface area contributed by atoms with Crippen molar-refractivity contribution in [3.05, 3.63) is 234 Å². The highest BCUT2D eigenvalue weighted by Gasteiger charge is 2.14. The van der Waals surface area contributed by atoms with E-state index in [1.165, 1.54) is 22.5 Å². The fourth-order valence-corrected chi connectivity index (χ4v) is 6.33. The minimum atomic E-state index is 1.07. The molecule has 0 N–H and O–H groups in total. The van der Waals surface area contributed by atoms with E-state index in [0.29, 0.717) is 0 Å². The molecule has 0 amide bonds. The molecular weight excluding hydrogens is 629 g/mol. The molecule has 1 aliphatic carbocycles. The fourth-order valence-electron chi connectivity index (χ4n) is 6.33. The van der Waals surface area contributed by atoms with Gasteiger partial charge in [0.25, 0.3) is 0 Å². The van der Waals surface area contributed by atoms with Gasteiger partial charge in [-0.25, -0.2) is 0 Å². The van der Waals surface area contributed by atoms with Crippen LogP contribution < -0.4 is 9.80 Å². The molecule has 0 unspecified atom stereocenters. The SMILES string of the molecule is C1=CC(N(c2ccccc2)c2ccc(/C=C/C=C/c3ccccc3/C=C/C=C/c3ccc(N(c4ccccc4)c4ccccc4)cc3)cc2)=CCC1. The lowest BCUT2D eigenvalue weighted by Gasteiger charge is -2.27. The summed E-state index contributed by atoms with van der Waals surface area (Å²) in [6, 6.07) is 57.5. The number of hydrogen-bond acceptors (Lipinski definition) is 2. The maximum atomic E-state index is 2.32. The zero-order valence-electron chi connectivity index (χ0n) is 29.2. The summed E-state index contributed by atoms with van der Waals surface area (Å²) < 4.78 is 0. The van der Waals surface area contributed by atoms with E-state index in [9.17, 15) is 0 Å². The molecule has 0 bridgehead atoms. The summed E-state index contributed by atoms with van der Waals surface area (Å²) in [7, 11) is 0. The van der Waals surface area contributed by atoms with E-state index in [1.54, 1.807) is 0 Å². The Balaban J connectivity index is 0.989. The Morgan fingerprint density at radius 3 is 1.17 bits per heavy atom. The van der Waals surface area contributed by atoms with Crippen LogP contribution in [0.5, 0.6) is 0 Å². The number of nitrogens with zero attached hydrogens (tertiary/aromatic N) is 2. The largest absolute Gasteiger partial charge is 0.311 e. The number of hydrogen-bond donors (Lipinski definition) is 0. The summed E-state index contributed by atoms with van der Waals surface area (Å²) in [5, 5.41) is 0. The van der Waals surface area contributed by atoms with E-state index in [-0.39, 0.29) is 0 Å². The van der Waals surface area contributed by atoms with Gasteiger partial charge in [-0.3, -0.25) is 0 Å². The third-order valence-corrected chi connectivity index (χ3v) is 8.93. The molecular formula is C50H42N2. The lowest BCUT2D eigenvalue weighted by Crippen LogP contribution is -2.16. The van der Waals surface area contributed by atoms with Gasteiger partial charge in [-0.2, -0.15) is 0 Å². The van der Waals surface area contributed by atoms with Crippen molar-refractivity contribution in [2.24, 2.45) is 0 Å². The average Bonchev–Trinajstić information content (AvgIpc) is 3.21. The van der Waals surface area contributed by atoms with Crippen LogP contribution in [0.2, 0.25) is 0 Å². The Hall–Kier alpha value is -6.64. The first-order chi connectivity index (χ1) is 25.8. The maximum absolute atomic E-state index is 2.32. The van der Waals surface area contributed by atoms with Crippen molar-refractivity contribution >= 4 is 52.7 Å². The summed E-state index contributed by atoms with van der Waals surface area (Å²) >= 11 is 0. The number of rotatable bonds is 12. The number of benzene rings is 6. The highest BCUT2D eigenvalue weighted by molar-refractivity contribution is 5.77. The quantitative estimate of drug-likeness (QED) is 0.120. The number of allylic oxidation sites excluding steroid dienone is 7. The van der Waals surface area contributed by atoms with Gasteiger partial charge < -0.3 is 9.80 Å². The average molecular weight is 671 g/mol. The minimum absolute atomic E-state index is 1.07. The predicted molar refractivity (Wildman–Crippen MR) is 225 cm³/mol. The van der Waals surface area contributed by atoms with Gasteiger partial charge in [0.15, 0.2) is 0 Å². The van der Waals surface area contributed by atoms with Crippen LogP contribution >= 0.6 is 0 Å². The molecule has 1 aliphatic rings. The van der Waals surface area contributed by atoms with Crippen molar-refractivity contribution in [1.29, 1.82) is 0 Å². The van der Waals surface area contributed by atoms with E-state index >= 15 is 0 Å². The first kappa shape index (κ1) is 33.8. The van der Waals surface area contributed by atoms with E-state index in [0.717, 1.165) is 46.7 Å². The summed E-state index contributed by atoms with van der Waals surface area (Å²) in [6.07, 6.45) is 26.0. The molecule has 0 aliphatic heterocycles. The maximum Gasteiger partial charge on any atom is 0.0462 e. The molecule has 0 atom stereocenters. The minimum Gasteiger partial charge on any atom is -0.311 e. The van der Waals surface area contributed by atoms with Crippen LogP contribution in [-0.2, 0) is 0 Å². The molecule has 2 nitrogen and oxygen atoms in total. The Labute approximate surface area is 308 Å². The van der Waals surface area contributed by atoms with Gasteiger partial charge >= 0.3 is 0 Å². The van der Waals surface area contributed by atoms with Crippen molar-refractivity contribution in [1.82, 2.24) is 0 Å². The Bertz CT molecular complexity index is 2160. The third-order valence-electron chi connectivity index (χ3n) is 8.93. The van der Waals surface area contributed by atoms with Gasteiger partial charge in [-0.1, -0.05) is 164 Å². The molecule has 0 aromatic heterocycles. The molecule has 0 saturated carbocycles. The lowest BCUT2D eigenvalue weighted by molar-refractivity contribution is 0.997. The standard InChI is InChI=1S/C50H42N2/c1-5-25-45(26-6-1)51(46-27-7-2-8-28-46)49-37-33-41(34-38-49)19-13-15-21-43-23-17-18-24-44(43)22-16-14-20-42-35-39-50(40-36-42)52(47-29-9-3-10-30-47)48-31-11-4-12-32-48/h1-3,5-11,13-40H,4,12H2/b19-13+,20-14+,21-15+,22-16+. The normalized spacial score (nSPS) is 13.0. The van der Waals surface area contributed by atoms with Crippen molar-refractivity contribution in [2.45, 2.75) is 12.8 Å². The highest BCUT2D eigenvalue weighted by Crippen LogP contribution is 2.35. The molecule has 52 heavy (non-hydrogen) atoms. The fraction of sp³-hybridized carbons (Fsp3) is 0.0400. The summed E-state index contributed by atoms with van der Waals surface area (Å²) in [4.78, 5) is 4.60. The van der Waals surface area contributed by atoms with Gasteiger partial charge in [-0.05, 0) is 102 Å². The molecule has 252 valence electrons. The Morgan fingerprint density at radius 2 is 0.731 bits per heavy atom. The van der Waals surface area contributed by atoms with Crippen LogP contribution in [0.4, 0.5) is 28.4 Å². The van der Waals surface area contributed by atoms with Crippen LogP contribution in [0.3, 0.4) is 0 Å². The molecule has 0 fully saturated rings. The molecule has 6 aromatic carbocycles. The molecule has 7 rings (SSSR count). The first-order valence-corrected chi connectivity index (χ1v) is 17.9. The third kappa shape index (κ3) is 8.74. The van der Waals surface area contributed by atoms with Gasteiger partial charge in [0.05, 0.1) is 0 Å². The molecule has 6 aromatic rings. The monoisotopic (exact) mass is 670 g/mol. The Kier molecular flexibility index (Phi) is 11.3. The molecule has 0 radical (unpaired) electrons. The topological polar surface area (TPSA) is 6.48 Å². The zero-order valence-corrected chi connectivity index (χ0v) is 29.2. The van der Waals surface area contributed by atoms with Gasteiger partial charge in [0.2, 0.25) is 0 Å². The Morgan fingerprint density at radius 1 is 0.346 bits per heavy atom. The van der Waals surface area contributed by atoms with Crippen molar-refractivity contribution < 1.29 is 0 Å². The second-order valence-corrected chi connectivity index (χ2v) is 12.5. The molecule has 2 heteroatoms. The first-order valence-electron chi connectivity index (χ1n) is 17.9. The van der Waals surface area contributed by atoms with Crippen LogP contribution in [0.25, 0.3) is 24.3 Å². The van der Waals surface area contributed by atoms with E-state index < -0.39 is 0 Å². The van der Waals surface area contributed by atoms with E-state index in [2.05, 4.69) is 240 Å². The van der Waals surface area contributed by atoms with Crippen LogP contribution in [0, 0.1) is 0 Å². The summed E-state index contributed by atoms with van der Waals surface area (Å²) in [6.45, 7) is 0. The molecule has 0 saturated heterocycles. The summed E-state index contributed by atoms with van der Waals surface area (Å²) in [5.41, 5.74) is 11.6. The van der Waals surface area contributed by atoms with E-state index in [4.69, 9.17) is 0 Å². The van der Waals surface area contributed by atoms with Gasteiger partial charge in [0, 0.05) is 34.1 Å². The van der Waals surface area contributed by atoms with E-state index in [1.807, 2.05) is 0 Å². The zero-order chi connectivity index (χ0) is 35.2. The van der Waals surface area contributed by atoms with Crippen molar-refractivity contribution in [3.63, 3.8) is 0 Å². The molecule has 0 heterocycles. The number of para-hydroxylation sites is 3.